The summed E-state index contributed by atoms with van der Waals surface area (Å²) in [5.74, 6) is 1.05. The van der Waals surface area contributed by atoms with Gasteiger partial charge in [-0.1, -0.05) is 35.9 Å². The van der Waals surface area contributed by atoms with Crippen molar-refractivity contribution in [2.45, 2.75) is 13.5 Å². The minimum Gasteiger partial charge on any atom is -0.508 e. The number of aromatic hydroxyl groups is 1. The van der Waals surface area contributed by atoms with Gasteiger partial charge in [0.05, 0.1) is 0 Å². The van der Waals surface area contributed by atoms with Gasteiger partial charge in [-0.05, 0) is 36.1 Å². The molecule has 0 aliphatic heterocycles. The highest BCUT2D eigenvalue weighted by Gasteiger charge is 2.03. The van der Waals surface area contributed by atoms with E-state index in [0.717, 1.165) is 16.6 Å². The molecule has 3 nitrogen and oxygen atoms in total. The Morgan fingerprint density at radius 1 is 1.10 bits per heavy atom. The van der Waals surface area contributed by atoms with Gasteiger partial charge in [-0.3, -0.25) is 0 Å². The third-order valence-corrected chi connectivity index (χ3v) is 3.29. The predicted octanol–water partition coefficient (Wildman–Crippen LogP) is 3.86. The first-order valence-corrected chi connectivity index (χ1v) is 6.59. The predicted molar refractivity (Wildman–Crippen MR) is 81.9 cm³/mol. The fourth-order valence-corrected chi connectivity index (χ4v) is 2.31. The van der Waals surface area contributed by atoms with Crippen LogP contribution in [0, 0.1) is 6.92 Å². The van der Waals surface area contributed by atoms with Crippen molar-refractivity contribution < 1.29 is 5.11 Å². The maximum atomic E-state index is 9.62. The van der Waals surface area contributed by atoms with Gasteiger partial charge in [0.2, 0.25) is 0 Å². The molecular formula is C17H16N2O. The van der Waals surface area contributed by atoms with Crippen molar-refractivity contribution in [1.29, 1.82) is 0 Å². The van der Waals surface area contributed by atoms with Gasteiger partial charge < -0.3 is 10.4 Å². The molecule has 0 aliphatic carbocycles. The second-order valence-electron chi connectivity index (χ2n) is 4.91. The number of fused-ring (bicyclic) bond motifs is 1. The summed E-state index contributed by atoms with van der Waals surface area (Å²) < 4.78 is 0. The highest BCUT2D eigenvalue weighted by molar-refractivity contribution is 5.92. The maximum Gasteiger partial charge on any atom is 0.134 e. The molecule has 2 N–H and O–H groups in total. The van der Waals surface area contributed by atoms with E-state index in [4.69, 9.17) is 0 Å². The number of hydrogen-bond acceptors (Lipinski definition) is 3. The van der Waals surface area contributed by atoms with Crippen LogP contribution in [0.2, 0.25) is 0 Å². The highest BCUT2D eigenvalue weighted by atomic mass is 16.3. The first-order valence-electron chi connectivity index (χ1n) is 6.59. The van der Waals surface area contributed by atoms with Gasteiger partial charge in [0, 0.05) is 18.1 Å². The summed E-state index contributed by atoms with van der Waals surface area (Å²) in [6.07, 6.45) is 1.78. The first-order chi connectivity index (χ1) is 9.72. The van der Waals surface area contributed by atoms with Crippen molar-refractivity contribution in [2.75, 3.05) is 5.32 Å². The number of phenolic OH excluding ortho intramolecular Hbond substituents is 1. The number of aryl methyl sites for hydroxylation is 1. The van der Waals surface area contributed by atoms with Gasteiger partial charge in [0.25, 0.3) is 0 Å². The quantitative estimate of drug-likeness (QED) is 0.755. The molecule has 0 fully saturated rings. The summed E-state index contributed by atoms with van der Waals surface area (Å²) in [5, 5.41) is 14.9. The number of anilines is 1. The van der Waals surface area contributed by atoms with Crippen molar-refractivity contribution in [3.05, 3.63) is 65.9 Å². The Bertz CT molecular complexity index is 753. The number of aromatic nitrogens is 1. The summed E-state index contributed by atoms with van der Waals surface area (Å²) in [5.41, 5.74) is 2.46. The molecule has 100 valence electrons. The van der Waals surface area contributed by atoms with E-state index in [1.807, 2.05) is 12.1 Å². The molecule has 20 heavy (non-hydrogen) atoms. The molecule has 0 atom stereocenters. The molecule has 0 radical (unpaired) electrons. The lowest BCUT2D eigenvalue weighted by Gasteiger charge is -2.09. The minimum absolute atomic E-state index is 0.254. The average Bonchev–Trinajstić information content (AvgIpc) is 2.45. The van der Waals surface area contributed by atoms with Crippen LogP contribution in [0.4, 0.5) is 5.82 Å². The van der Waals surface area contributed by atoms with Gasteiger partial charge in [0.15, 0.2) is 0 Å². The molecule has 0 spiro atoms. The Kier molecular flexibility index (Phi) is 3.25. The number of nitrogens with zero attached hydrogens (tertiary/aromatic N) is 1. The lowest BCUT2D eigenvalue weighted by atomic mass is 10.1. The normalized spacial score (nSPS) is 10.7. The van der Waals surface area contributed by atoms with Crippen LogP contribution in [-0.4, -0.2) is 10.1 Å². The van der Waals surface area contributed by atoms with Crippen LogP contribution in [0.3, 0.4) is 0 Å². The zero-order valence-corrected chi connectivity index (χ0v) is 11.3. The molecule has 3 heteroatoms. The summed E-state index contributed by atoms with van der Waals surface area (Å²) in [4.78, 5) is 4.36. The van der Waals surface area contributed by atoms with Crippen molar-refractivity contribution >= 4 is 16.6 Å². The van der Waals surface area contributed by atoms with E-state index in [1.165, 1.54) is 11.1 Å². The lowest BCUT2D eigenvalue weighted by Crippen LogP contribution is -2.02. The van der Waals surface area contributed by atoms with Crippen molar-refractivity contribution in [1.82, 2.24) is 4.98 Å². The molecule has 2 aromatic carbocycles. The van der Waals surface area contributed by atoms with Crippen LogP contribution in [-0.2, 0) is 6.54 Å². The SMILES string of the molecule is Cc1cccc(CNc2nccc3ccc(O)cc23)c1. The molecule has 0 bridgehead atoms. The zero-order valence-electron chi connectivity index (χ0n) is 11.3. The topological polar surface area (TPSA) is 45.2 Å². The standard InChI is InChI=1S/C17H16N2O/c1-12-3-2-4-13(9-12)11-19-17-16-10-15(20)6-5-14(16)7-8-18-17/h2-10,20H,11H2,1H3,(H,18,19). The Balaban J connectivity index is 1.89. The van der Waals surface area contributed by atoms with Gasteiger partial charge >= 0.3 is 0 Å². The largest absolute Gasteiger partial charge is 0.508 e. The fourth-order valence-electron chi connectivity index (χ4n) is 2.31. The van der Waals surface area contributed by atoms with Crippen LogP contribution < -0.4 is 5.32 Å². The third kappa shape index (κ3) is 2.57. The third-order valence-electron chi connectivity index (χ3n) is 3.29. The van der Waals surface area contributed by atoms with Gasteiger partial charge in [-0.2, -0.15) is 0 Å². The van der Waals surface area contributed by atoms with Crippen LogP contribution in [0.5, 0.6) is 5.75 Å². The molecule has 0 saturated heterocycles. The molecule has 0 amide bonds. The Labute approximate surface area is 117 Å². The maximum absolute atomic E-state index is 9.62. The molecular weight excluding hydrogens is 248 g/mol. The Morgan fingerprint density at radius 2 is 2.00 bits per heavy atom. The number of hydrogen-bond donors (Lipinski definition) is 2. The van der Waals surface area contributed by atoms with Crippen molar-refractivity contribution in [3.63, 3.8) is 0 Å². The van der Waals surface area contributed by atoms with E-state index in [2.05, 4.69) is 41.5 Å². The van der Waals surface area contributed by atoms with E-state index in [0.29, 0.717) is 6.54 Å². The molecule has 3 aromatic rings. The Hall–Kier alpha value is -2.55. The minimum atomic E-state index is 0.254. The number of pyridine rings is 1. The molecule has 1 aromatic heterocycles. The first kappa shape index (κ1) is 12.5. The van der Waals surface area contributed by atoms with Crippen molar-refractivity contribution in [3.8, 4) is 5.75 Å². The molecule has 0 aliphatic rings. The van der Waals surface area contributed by atoms with E-state index < -0.39 is 0 Å². The number of benzene rings is 2. The number of rotatable bonds is 3. The zero-order chi connectivity index (χ0) is 13.9. The van der Waals surface area contributed by atoms with Gasteiger partial charge in [-0.25, -0.2) is 4.98 Å². The van der Waals surface area contributed by atoms with Crippen molar-refractivity contribution in [2.24, 2.45) is 0 Å². The smallest absolute Gasteiger partial charge is 0.134 e. The van der Waals surface area contributed by atoms with Crippen LogP contribution in [0.15, 0.2) is 54.7 Å². The summed E-state index contributed by atoms with van der Waals surface area (Å²) in [7, 11) is 0. The van der Waals surface area contributed by atoms with E-state index in [9.17, 15) is 5.11 Å². The van der Waals surface area contributed by atoms with E-state index in [-0.39, 0.29) is 5.75 Å². The average molecular weight is 264 g/mol. The number of nitrogens with one attached hydrogen (secondary N) is 1. The molecule has 0 unspecified atom stereocenters. The highest BCUT2D eigenvalue weighted by Crippen LogP contribution is 2.25. The van der Waals surface area contributed by atoms with E-state index >= 15 is 0 Å². The second-order valence-corrected chi connectivity index (χ2v) is 4.91. The number of phenols is 1. The monoisotopic (exact) mass is 264 g/mol. The van der Waals surface area contributed by atoms with Crippen LogP contribution in [0.1, 0.15) is 11.1 Å². The van der Waals surface area contributed by atoms with E-state index in [1.54, 1.807) is 18.3 Å². The van der Waals surface area contributed by atoms with Gasteiger partial charge in [-0.15, -0.1) is 0 Å². The lowest BCUT2D eigenvalue weighted by molar-refractivity contribution is 0.476. The molecule has 3 rings (SSSR count). The summed E-state index contributed by atoms with van der Waals surface area (Å²) in [6, 6.07) is 15.6. The second kappa shape index (κ2) is 5.21. The van der Waals surface area contributed by atoms with Gasteiger partial charge in [0.1, 0.15) is 11.6 Å². The fraction of sp³-hybridized carbons (Fsp3) is 0.118. The molecule has 0 saturated carbocycles. The summed E-state index contributed by atoms with van der Waals surface area (Å²) >= 11 is 0. The Morgan fingerprint density at radius 3 is 2.85 bits per heavy atom. The summed E-state index contributed by atoms with van der Waals surface area (Å²) in [6.45, 7) is 2.79. The van der Waals surface area contributed by atoms with Crippen LogP contribution in [0.25, 0.3) is 10.8 Å². The molecule has 1 heterocycles. The van der Waals surface area contributed by atoms with Crippen LogP contribution >= 0.6 is 0 Å².